The van der Waals surface area contributed by atoms with Crippen molar-refractivity contribution in [1.82, 2.24) is 0 Å². The fourth-order valence-corrected chi connectivity index (χ4v) is 6.95. The van der Waals surface area contributed by atoms with Gasteiger partial charge in [0.15, 0.2) is 0 Å². The normalized spacial score (nSPS) is 17.9. The first kappa shape index (κ1) is 19.2. The van der Waals surface area contributed by atoms with E-state index in [2.05, 4.69) is 109 Å². The van der Waals surface area contributed by atoms with E-state index in [4.69, 9.17) is 0 Å². The molecule has 0 spiro atoms. The minimum absolute atomic E-state index is 0.332. The third-order valence-corrected chi connectivity index (χ3v) is 8.59. The van der Waals surface area contributed by atoms with E-state index in [1.807, 2.05) is 0 Å². The van der Waals surface area contributed by atoms with E-state index in [0.29, 0.717) is 12.3 Å². The predicted molar refractivity (Wildman–Crippen MR) is 129 cm³/mol. The highest BCUT2D eigenvalue weighted by Gasteiger charge is 2.30. The molecule has 0 amide bonds. The van der Waals surface area contributed by atoms with Crippen molar-refractivity contribution in [2.45, 2.75) is 18.4 Å². The zero-order valence-corrected chi connectivity index (χ0v) is 17.8. The van der Waals surface area contributed by atoms with Gasteiger partial charge in [0, 0.05) is 12.1 Å². The summed E-state index contributed by atoms with van der Waals surface area (Å²) < 4.78 is 0. The lowest BCUT2D eigenvalue weighted by Gasteiger charge is -2.23. The second kappa shape index (κ2) is 8.56. The van der Waals surface area contributed by atoms with Crippen molar-refractivity contribution in [3.8, 4) is 0 Å². The summed E-state index contributed by atoms with van der Waals surface area (Å²) in [4.78, 5) is 0. The van der Waals surface area contributed by atoms with Crippen molar-refractivity contribution >= 4 is 24.1 Å². The number of hydrogen-bond donors (Lipinski definition) is 1. The van der Waals surface area contributed by atoms with Gasteiger partial charge in [-0.2, -0.15) is 0 Å². The van der Waals surface area contributed by atoms with Crippen LogP contribution in [0.3, 0.4) is 0 Å². The summed E-state index contributed by atoms with van der Waals surface area (Å²) in [5.41, 5.74) is 5.32. The van der Waals surface area contributed by atoms with E-state index in [-0.39, 0.29) is 6.10 Å². The zero-order chi connectivity index (χ0) is 20.3. The van der Waals surface area contributed by atoms with Gasteiger partial charge in [-0.05, 0) is 47.2 Å². The Morgan fingerprint density at radius 2 is 1.40 bits per heavy atom. The summed E-state index contributed by atoms with van der Waals surface area (Å²) in [5, 5.41) is 13.9. The molecule has 0 bridgehead atoms. The lowest BCUT2D eigenvalue weighted by atomic mass is 9.92. The van der Waals surface area contributed by atoms with Crippen LogP contribution in [0.5, 0.6) is 0 Å². The Bertz CT molecular complexity index is 1070. The van der Waals surface area contributed by atoms with Gasteiger partial charge in [0.05, 0.1) is 6.10 Å². The summed E-state index contributed by atoms with van der Waals surface area (Å²) >= 11 is 0. The Morgan fingerprint density at radius 1 is 0.767 bits per heavy atom. The van der Waals surface area contributed by atoms with Crippen LogP contribution < -0.4 is 10.6 Å². The Kier molecular flexibility index (Phi) is 5.49. The van der Waals surface area contributed by atoms with E-state index in [1.54, 1.807) is 0 Å². The molecular weight excluding hydrogens is 383 g/mol. The van der Waals surface area contributed by atoms with Crippen LogP contribution in [-0.2, 0) is 0 Å². The van der Waals surface area contributed by atoms with Crippen LogP contribution in [0, 0.1) is 0 Å². The number of fused-ring (bicyclic) bond motifs is 3. The van der Waals surface area contributed by atoms with Gasteiger partial charge in [-0.25, -0.2) is 0 Å². The highest BCUT2D eigenvalue weighted by atomic mass is 31.1. The molecule has 2 aliphatic carbocycles. The third-order valence-electron chi connectivity index (χ3n) is 5.96. The molecule has 0 radical (unpaired) electrons. The Hall–Kier alpha value is -2.73. The summed E-state index contributed by atoms with van der Waals surface area (Å²) in [5.74, 6) is 0.332. The second-order valence-electron chi connectivity index (χ2n) is 7.88. The average Bonchev–Trinajstić information content (AvgIpc) is 3.12. The van der Waals surface area contributed by atoms with Gasteiger partial charge in [-0.15, -0.1) is 0 Å². The molecule has 2 aliphatic rings. The smallest absolute Gasteiger partial charge is 0.0626 e. The maximum atomic E-state index is 11.3. The molecule has 3 aromatic carbocycles. The van der Waals surface area contributed by atoms with Gasteiger partial charge < -0.3 is 5.11 Å². The highest BCUT2D eigenvalue weighted by molar-refractivity contribution is 7.73. The van der Waals surface area contributed by atoms with Gasteiger partial charge in [0.1, 0.15) is 0 Å². The van der Waals surface area contributed by atoms with Crippen LogP contribution in [0.1, 0.15) is 23.5 Å². The van der Waals surface area contributed by atoms with Crippen LogP contribution in [-0.4, -0.2) is 17.4 Å². The molecule has 0 aliphatic heterocycles. The van der Waals surface area contributed by atoms with Crippen LogP contribution in [0.2, 0.25) is 0 Å². The quantitative estimate of drug-likeness (QED) is 0.531. The Labute approximate surface area is 179 Å². The second-order valence-corrected chi connectivity index (χ2v) is 10.1. The first-order valence-electron chi connectivity index (χ1n) is 10.5. The van der Waals surface area contributed by atoms with Crippen molar-refractivity contribution in [2.75, 3.05) is 6.16 Å². The number of rotatable bonds is 6. The average molecular weight is 408 g/mol. The Morgan fingerprint density at radius 3 is 2.10 bits per heavy atom. The predicted octanol–water partition coefficient (Wildman–Crippen LogP) is 5.55. The first-order valence-corrected chi connectivity index (χ1v) is 12.1. The molecule has 0 saturated carbocycles. The SMILES string of the molecule is OC(CC1=C2C=CC=CC2c2ccccc21)CP(c1ccccc1)c1ccccc1. The molecule has 2 atom stereocenters. The molecule has 1 N–H and O–H groups in total. The van der Waals surface area contributed by atoms with Crippen LogP contribution in [0.4, 0.5) is 0 Å². The maximum absolute atomic E-state index is 11.3. The van der Waals surface area contributed by atoms with E-state index < -0.39 is 7.92 Å². The molecular formula is C28H25OP. The molecule has 2 heteroatoms. The lowest BCUT2D eigenvalue weighted by molar-refractivity contribution is 0.205. The largest absolute Gasteiger partial charge is 0.392 e. The molecule has 0 aromatic heterocycles. The van der Waals surface area contributed by atoms with E-state index >= 15 is 0 Å². The molecule has 0 saturated heterocycles. The summed E-state index contributed by atoms with van der Waals surface area (Å²) in [6.07, 6.45) is 9.83. The minimum atomic E-state index is -0.602. The number of hydrogen-bond acceptors (Lipinski definition) is 1. The van der Waals surface area contributed by atoms with Crippen molar-refractivity contribution in [2.24, 2.45) is 0 Å². The molecule has 3 aromatic rings. The monoisotopic (exact) mass is 408 g/mol. The fourth-order valence-electron chi connectivity index (χ4n) is 4.61. The third kappa shape index (κ3) is 3.72. The molecule has 30 heavy (non-hydrogen) atoms. The van der Waals surface area contributed by atoms with Gasteiger partial charge in [0.25, 0.3) is 0 Å². The highest BCUT2D eigenvalue weighted by Crippen LogP contribution is 2.47. The van der Waals surface area contributed by atoms with E-state index in [0.717, 1.165) is 6.16 Å². The van der Waals surface area contributed by atoms with Gasteiger partial charge in [0.2, 0.25) is 0 Å². The van der Waals surface area contributed by atoms with Crippen LogP contribution in [0.25, 0.3) is 5.57 Å². The molecule has 0 fully saturated rings. The number of aliphatic hydroxyl groups excluding tert-OH is 1. The number of aliphatic hydroxyl groups is 1. The topological polar surface area (TPSA) is 20.2 Å². The van der Waals surface area contributed by atoms with Crippen molar-refractivity contribution < 1.29 is 5.11 Å². The zero-order valence-electron chi connectivity index (χ0n) is 16.9. The van der Waals surface area contributed by atoms with Crippen LogP contribution in [0.15, 0.2) is 115 Å². The molecule has 5 rings (SSSR count). The number of benzene rings is 3. The fraction of sp³-hybridized carbons (Fsp3) is 0.143. The van der Waals surface area contributed by atoms with Gasteiger partial charge in [-0.3, -0.25) is 0 Å². The number of allylic oxidation sites excluding steroid dienone is 5. The van der Waals surface area contributed by atoms with Crippen molar-refractivity contribution in [3.05, 3.63) is 126 Å². The maximum Gasteiger partial charge on any atom is 0.0626 e. The van der Waals surface area contributed by atoms with Crippen LogP contribution >= 0.6 is 7.92 Å². The summed E-state index contributed by atoms with van der Waals surface area (Å²) in [6.45, 7) is 0. The van der Waals surface area contributed by atoms with Gasteiger partial charge in [-0.1, -0.05) is 109 Å². The summed E-state index contributed by atoms with van der Waals surface area (Å²) in [7, 11) is -0.602. The molecule has 0 heterocycles. The first-order chi connectivity index (χ1) is 14.8. The Balaban J connectivity index is 1.44. The van der Waals surface area contributed by atoms with E-state index in [9.17, 15) is 5.11 Å². The van der Waals surface area contributed by atoms with Gasteiger partial charge >= 0.3 is 0 Å². The van der Waals surface area contributed by atoms with Crippen molar-refractivity contribution in [1.29, 1.82) is 0 Å². The molecule has 2 unspecified atom stereocenters. The van der Waals surface area contributed by atoms with Crippen molar-refractivity contribution in [3.63, 3.8) is 0 Å². The minimum Gasteiger partial charge on any atom is -0.392 e. The lowest BCUT2D eigenvalue weighted by Crippen LogP contribution is -2.21. The van der Waals surface area contributed by atoms with E-state index in [1.165, 1.54) is 32.9 Å². The standard InChI is InChI=1S/C28H25OP/c29-21(20-30(22-11-3-1-4-12-22)23-13-5-2-6-14-23)19-28-26-17-9-7-15-24(26)25-16-8-10-18-27(25)28/h1-18,21,24,29H,19-20H2. The summed E-state index contributed by atoms with van der Waals surface area (Å²) in [6, 6.07) is 30.0. The molecule has 148 valence electrons. The molecule has 1 nitrogen and oxygen atoms in total.